The van der Waals surface area contributed by atoms with Crippen molar-refractivity contribution >= 4 is 10.0 Å². The Hall–Kier alpha value is -0.910. The van der Waals surface area contributed by atoms with Crippen LogP contribution in [0.2, 0.25) is 0 Å². The van der Waals surface area contributed by atoms with Gasteiger partial charge in [-0.1, -0.05) is 30.3 Å². The Balaban J connectivity index is 1.85. The molecule has 1 aliphatic rings. The summed E-state index contributed by atoms with van der Waals surface area (Å²) in [6, 6.07) is 9.57. The van der Waals surface area contributed by atoms with E-state index in [9.17, 15) is 8.42 Å². The summed E-state index contributed by atoms with van der Waals surface area (Å²) in [7, 11) is -3.15. The lowest BCUT2D eigenvalue weighted by Gasteiger charge is -2.10. The van der Waals surface area contributed by atoms with Crippen molar-refractivity contribution in [3.63, 3.8) is 0 Å². The Morgan fingerprint density at radius 2 is 2.06 bits per heavy atom. The summed E-state index contributed by atoms with van der Waals surface area (Å²) in [5, 5.41) is 3.18. The van der Waals surface area contributed by atoms with Crippen molar-refractivity contribution in [1.29, 1.82) is 0 Å². The number of hydrogen-bond donors (Lipinski definition) is 2. The van der Waals surface area contributed by atoms with Crippen LogP contribution < -0.4 is 10.0 Å². The molecule has 1 aromatic rings. The highest BCUT2D eigenvalue weighted by atomic mass is 32.2. The van der Waals surface area contributed by atoms with Crippen molar-refractivity contribution in [2.75, 3.05) is 18.8 Å². The predicted octanol–water partition coefficient (Wildman–Crippen LogP) is 0.715. The molecule has 4 nitrogen and oxygen atoms in total. The molecule has 1 aliphatic heterocycles. The van der Waals surface area contributed by atoms with Crippen molar-refractivity contribution in [1.82, 2.24) is 10.0 Å². The van der Waals surface area contributed by atoms with Crippen molar-refractivity contribution in [3.8, 4) is 0 Å². The van der Waals surface area contributed by atoms with E-state index in [2.05, 4.69) is 10.0 Å². The van der Waals surface area contributed by atoms with Crippen LogP contribution in [-0.4, -0.2) is 27.3 Å². The molecule has 17 heavy (non-hydrogen) atoms. The first kappa shape index (κ1) is 12.5. The maximum Gasteiger partial charge on any atom is 0.212 e. The Kier molecular flexibility index (Phi) is 4.15. The van der Waals surface area contributed by atoms with Gasteiger partial charge < -0.3 is 5.32 Å². The average Bonchev–Trinajstić information content (AvgIpc) is 2.80. The van der Waals surface area contributed by atoms with Crippen molar-refractivity contribution < 1.29 is 8.42 Å². The normalized spacial score (nSPS) is 20.6. The van der Waals surface area contributed by atoms with Gasteiger partial charge in [0.25, 0.3) is 0 Å². The highest BCUT2D eigenvalue weighted by molar-refractivity contribution is 7.89. The molecule has 1 heterocycles. The lowest BCUT2D eigenvalue weighted by Crippen LogP contribution is -2.30. The third kappa shape index (κ3) is 4.11. The van der Waals surface area contributed by atoms with Gasteiger partial charge in [0.15, 0.2) is 0 Å². The molecule has 0 spiro atoms. The van der Waals surface area contributed by atoms with E-state index in [1.807, 2.05) is 30.3 Å². The fourth-order valence-corrected chi connectivity index (χ4v) is 3.42. The first-order valence-electron chi connectivity index (χ1n) is 5.88. The molecule has 94 valence electrons. The quantitative estimate of drug-likeness (QED) is 0.814. The molecule has 0 aromatic heterocycles. The van der Waals surface area contributed by atoms with Crippen LogP contribution in [0.1, 0.15) is 12.0 Å². The van der Waals surface area contributed by atoms with Gasteiger partial charge in [-0.05, 0) is 31.0 Å². The van der Waals surface area contributed by atoms with E-state index in [0.717, 1.165) is 25.1 Å². The van der Waals surface area contributed by atoms with Gasteiger partial charge in [0.05, 0.1) is 5.75 Å². The summed E-state index contributed by atoms with van der Waals surface area (Å²) in [6.07, 6.45) is 0.951. The monoisotopic (exact) mass is 254 g/mol. The Morgan fingerprint density at radius 3 is 2.71 bits per heavy atom. The highest BCUT2D eigenvalue weighted by Gasteiger charge is 2.21. The number of sulfonamides is 1. The second kappa shape index (κ2) is 5.62. The molecule has 5 heteroatoms. The van der Waals surface area contributed by atoms with E-state index in [1.54, 1.807) is 0 Å². The molecular formula is C12H18N2O2S. The van der Waals surface area contributed by atoms with Gasteiger partial charge in [0.2, 0.25) is 10.0 Å². The average molecular weight is 254 g/mol. The Morgan fingerprint density at radius 1 is 1.29 bits per heavy atom. The number of rotatable bonds is 5. The van der Waals surface area contributed by atoms with E-state index < -0.39 is 10.0 Å². The molecule has 0 amide bonds. The SMILES string of the molecule is O=S(=O)(CC1CCNC1)NCc1ccccc1. The van der Waals surface area contributed by atoms with Gasteiger partial charge in [0.1, 0.15) is 0 Å². The van der Waals surface area contributed by atoms with Crippen LogP contribution in [0.3, 0.4) is 0 Å². The third-order valence-corrected chi connectivity index (χ3v) is 4.45. The standard InChI is InChI=1S/C12H18N2O2S/c15-17(16,10-12-6-7-13-8-12)14-9-11-4-2-1-3-5-11/h1-5,12-14H,6-10H2. The van der Waals surface area contributed by atoms with Crippen molar-refractivity contribution in [2.24, 2.45) is 5.92 Å². The maximum absolute atomic E-state index is 11.8. The first-order chi connectivity index (χ1) is 8.16. The van der Waals surface area contributed by atoms with E-state index in [4.69, 9.17) is 0 Å². The molecule has 0 bridgehead atoms. The summed E-state index contributed by atoms with van der Waals surface area (Å²) in [4.78, 5) is 0. The smallest absolute Gasteiger partial charge is 0.212 e. The van der Waals surface area contributed by atoms with Crippen LogP contribution in [0.5, 0.6) is 0 Å². The van der Waals surface area contributed by atoms with Crippen molar-refractivity contribution in [2.45, 2.75) is 13.0 Å². The Bertz CT molecular complexity index is 439. The zero-order chi connectivity index (χ0) is 12.1. The van der Waals surface area contributed by atoms with Crippen molar-refractivity contribution in [3.05, 3.63) is 35.9 Å². The van der Waals surface area contributed by atoms with Gasteiger partial charge in [-0.3, -0.25) is 0 Å². The predicted molar refractivity (Wildman–Crippen MR) is 68.0 cm³/mol. The molecule has 0 radical (unpaired) electrons. The molecular weight excluding hydrogens is 236 g/mol. The second-order valence-corrected chi connectivity index (χ2v) is 6.30. The van der Waals surface area contributed by atoms with Crippen LogP contribution in [0.15, 0.2) is 30.3 Å². The zero-order valence-electron chi connectivity index (χ0n) is 9.72. The third-order valence-electron chi connectivity index (χ3n) is 2.96. The largest absolute Gasteiger partial charge is 0.316 e. The van der Waals surface area contributed by atoms with E-state index >= 15 is 0 Å². The van der Waals surface area contributed by atoms with Gasteiger partial charge >= 0.3 is 0 Å². The molecule has 1 atom stereocenters. The molecule has 1 unspecified atom stereocenters. The highest BCUT2D eigenvalue weighted by Crippen LogP contribution is 2.10. The molecule has 0 aliphatic carbocycles. The van der Waals surface area contributed by atoms with E-state index in [-0.39, 0.29) is 11.7 Å². The number of benzene rings is 1. The topological polar surface area (TPSA) is 58.2 Å². The number of hydrogen-bond acceptors (Lipinski definition) is 3. The Labute approximate surface area is 102 Å². The lowest BCUT2D eigenvalue weighted by molar-refractivity contribution is 0.557. The lowest BCUT2D eigenvalue weighted by atomic mass is 10.2. The maximum atomic E-state index is 11.8. The van der Waals surface area contributed by atoms with E-state index in [0.29, 0.717) is 6.54 Å². The summed E-state index contributed by atoms with van der Waals surface area (Å²) in [6.45, 7) is 2.12. The molecule has 0 saturated carbocycles. The van der Waals surface area contributed by atoms with Gasteiger partial charge in [-0.15, -0.1) is 0 Å². The minimum absolute atomic E-state index is 0.229. The molecule has 1 saturated heterocycles. The van der Waals surface area contributed by atoms with Crippen LogP contribution in [-0.2, 0) is 16.6 Å². The fraction of sp³-hybridized carbons (Fsp3) is 0.500. The summed E-state index contributed by atoms with van der Waals surface area (Å²) < 4.78 is 26.3. The number of nitrogens with one attached hydrogen (secondary N) is 2. The van der Waals surface area contributed by atoms with Gasteiger partial charge in [-0.25, -0.2) is 13.1 Å². The summed E-state index contributed by atoms with van der Waals surface area (Å²) in [5.41, 5.74) is 0.987. The van der Waals surface area contributed by atoms with E-state index in [1.165, 1.54) is 0 Å². The minimum atomic E-state index is -3.15. The van der Waals surface area contributed by atoms with Gasteiger partial charge in [0, 0.05) is 6.54 Å². The van der Waals surface area contributed by atoms with Crippen LogP contribution >= 0.6 is 0 Å². The van der Waals surface area contributed by atoms with Crippen LogP contribution in [0, 0.1) is 5.92 Å². The molecule has 1 aromatic carbocycles. The van der Waals surface area contributed by atoms with Gasteiger partial charge in [-0.2, -0.15) is 0 Å². The minimum Gasteiger partial charge on any atom is -0.316 e. The summed E-state index contributed by atoms with van der Waals surface area (Å²) >= 11 is 0. The zero-order valence-corrected chi connectivity index (χ0v) is 10.5. The molecule has 1 fully saturated rings. The first-order valence-corrected chi connectivity index (χ1v) is 7.53. The summed E-state index contributed by atoms with van der Waals surface area (Å²) in [5.74, 6) is 0.482. The fourth-order valence-electron chi connectivity index (χ4n) is 2.02. The van der Waals surface area contributed by atoms with Crippen LogP contribution in [0.25, 0.3) is 0 Å². The second-order valence-electron chi connectivity index (χ2n) is 4.45. The van der Waals surface area contributed by atoms with Crippen LogP contribution in [0.4, 0.5) is 0 Å². The molecule has 2 N–H and O–H groups in total. The molecule has 2 rings (SSSR count).